The van der Waals surface area contributed by atoms with Crippen molar-refractivity contribution in [3.63, 3.8) is 0 Å². The highest BCUT2D eigenvalue weighted by Gasteiger charge is 2.63. The molecule has 5 fully saturated rings. The number of carbonyl (C=O) groups is 1. The van der Waals surface area contributed by atoms with Crippen molar-refractivity contribution in [3.05, 3.63) is 0 Å². The van der Waals surface area contributed by atoms with Gasteiger partial charge in [-0.2, -0.15) is 0 Å². The van der Waals surface area contributed by atoms with Gasteiger partial charge in [0.1, 0.15) is 5.78 Å². The van der Waals surface area contributed by atoms with E-state index in [1.165, 1.54) is 6.42 Å². The molecule has 1 heterocycles. The molecule has 1 aliphatic heterocycles. The van der Waals surface area contributed by atoms with E-state index in [0.717, 1.165) is 51.4 Å². The first-order valence-electron chi connectivity index (χ1n) is 10.5. The molecule has 0 aromatic carbocycles. The average Bonchev–Trinajstić information content (AvgIpc) is 3.19. The summed E-state index contributed by atoms with van der Waals surface area (Å²) in [6, 6.07) is 0. The molecule has 25 heavy (non-hydrogen) atoms. The second kappa shape index (κ2) is 5.53. The van der Waals surface area contributed by atoms with Crippen LogP contribution in [0.15, 0.2) is 0 Å². The molecule has 4 heteroatoms. The summed E-state index contributed by atoms with van der Waals surface area (Å²) in [5.41, 5.74) is -0.0331. The van der Waals surface area contributed by atoms with E-state index in [9.17, 15) is 9.90 Å². The zero-order chi connectivity index (χ0) is 17.3. The number of ketones is 1. The minimum absolute atomic E-state index is 0.0381. The molecule has 0 aromatic heterocycles. The van der Waals surface area contributed by atoms with E-state index in [2.05, 4.69) is 6.92 Å². The molecule has 140 valence electrons. The molecule has 0 radical (unpaired) electrons. The third-order valence-corrected chi connectivity index (χ3v) is 9.18. The Hall–Kier alpha value is -0.450. The number of hydrogen-bond donors (Lipinski definition) is 1. The van der Waals surface area contributed by atoms with Crippen LogP contribution >= 0.6 is 0 Å². The largest absolute Gasteiger partial charge is 0.396 e. The van der Waals surface area contributed by atoms with Crippen molar-refractivity contribution < 1.29 is 19.4 Å². The average molecular weight is 348 g/mol. The highest BCUT2D eigenvalue weighted by Crippen LogP contribution is 2.66. The summed E-state index contributed by atoms with van der Waals surface area (Å²) in [4.78, 5) is 12.5. The van der Waals surface area contributed by atoms with Crippen LogP contribution in [0.1, 0.15) is 64.7 Å². The van der Waals surface area contributed by atoms with Crippen LogP contribution in [-0.2, 0) is 14.3 Å². The quantitative estimate of drug-likeness (QED) is 0.790. The zero-order valence-corrected chi connectivity index (χ0v) is 15.5. The SMILES string of the molecule is C[C@]12CC[C@H]3[C@@H](CC[C@H]4CC5(CC[C@@]43CO)OCCO5)[C@@H]1CCC2=O. The van der Waals surface area contributed by atoms with Crippen molar-refractivity contribution in [2.75, 3.05) is 19.8 Å². The Balaban J connectivity index is 1.45. The van der Waals surface area contributed by atoms with E-state index < -0.39 is 0 Å². The molecule has 4 aliphatic carbocycles. The lowest BCUT2D eigenvalue weighted by atomic mass is 9.44. The standard InChI is InChI=1S/C21H32O4/c1-19-7-6-17-15(16(19)4-5-18(19)23)3-2-14-12-21(24-10-11-25-21)9-8-20(14,17)13-22/h14-17,22H,2-13H2,1H3/t14-,15-,16-,17-,19-,20+/m0/s1. The van der Waals surface area contributed by atoms with Gasteiger partial charge in [-0.3, -0.25) is 4.79 Å². The lowest BCUT2D eigenvalue weighted by Gasteiger charge is -2.61. The lowest BCUT2D eigenvalue weighted by Crippen LogP contribution is -2.58. The fourth-order valence-electron chi connectivity index (χ4n) is 7.84. The second-order valence-corrected chi connectivity index (χ2v) is 9.77. The Morgan fingerprint density at radius 3 is 2.60 bits per heavy atom. The van der Waals surface area contributed by atoms with E-state index in [1.807, 2.05) is 0 Å². The van der Waals surface area contributed by atoms with Gasteiger partial charge in [-0.05, 0) is 67.6 Å². The van der Waals surface area contributed by atoms with E-state index in [4.69, 9.17) is 9.47 Å². The van der Waals surface area contributed by atoms with E-state index in [-0.39, 0.29) is 16.6 Å². The summed E-state index contributed by atoms with van der Waals surface area (Å²) in [6.45, 7) is 3.96. The molecular formula is C21H32O4. The van der Waals surface area contributed by atoms with Crippen LogP contribution in [0.25, 0.3) is 0 Å². The number of rotatable bonds is 1. The molecule has 0 bridgehead atoms. The number of ether oxygens (including phenoxy) is 2. The van der Waals surface area contributed by atoms with E-state index in [1.54, 1.807) is 0 Å². The third kappa shape index (κ3) is 2.14. The minimum Gasteiger partial charge on any atom is -0.396 e. The zero-order valence-electron chi connectivity index (χ0n) is 15.5. The van der Waals surface area contributed by atoms with Crippen LogP contribution in [0, 0.1) is 34.5 Å². The normalized spacial score (nSPS) is 51.2. The van der Waals surface area contributed by atoms with E-state index >= 15 is 0 Å². The van der Waals surface area contributed by atoms with Gasteiger partial charge < -0.3 is 14.6 Å². The Morgan fingerprint density at radius 2 is 1.84 bits per heavy atom. The van der Waals surface area contributed by atoms with Crippen LogP contribution < -0.4 is 0 Å². The number of fused-ring (bicyclic) bond motifs is 5. The lowest BCUT2D eigenvalue weighted by molar-refractivity contribution is -0.238. The second-order valence-electron chi connectivity index (χ2n) is 9.77. The predicted octanol–water partition coefficient (Wildman–Crippen LogP) is 3.31. The molecule has 6 atom stereocenters. The Labute approximate surface area is 150 Å². The number of hydrogen-bond acceptors (Lipinski definition) is 4. The van der Waals surface area contributed by atoms with Crippen molar-refractivity contribution in [3.8, 4) is 0 Å². The third-order valence-electron chi connectivity index (χ3n) is 9.18. The first-order valence-corrected chi connectivity index (χ1v) is 10.5. The van der Waals surface area contributed by atoms with Gasteiger partial charge in [-0.1, -0.05) is 6.92 Å². The summed E-state index contributed by atoms with van der Waals surface area (Å²) < 4.78 is 12.0. The van der Waals surface area contributed by atoms with Gasteiger partial charge in [-0.25, -0.2) is 0 Å². The molecule has 4 nitrogen and oxygen atoms in total. The topological polar surface area (TPSA) is 55.8 Å². The maximum atomic E-state index is 12.5. The summed E-state index contributed by atoms with van der Waals surface area (Å²) in [6.07, 6.45) is 9.30. The van der Waals surface area contributed by atoms with Crippen LogP contribution in [0.2, 0.25) is 0 Å². The monoisotopic (exact) mass is 348 g/mol. The Kier molecular flexibility index (Phi) is 3.69. The Morgan fingerprint density at radius 1 is 1.04 bits per heavy atom. The van der Waals surface area contributed by atoms with Crippen molar-refractivity contribution in [1.29, 1.82) is 0 Å². The molecule has 0 amide bonds. The number of carbonyl (C=O) groups excluding carboxylic acids is 1. The van der Waals surface area contributed by atoms with Gasteiger partial charge in [0.05, 0.1) is 13.2 Å². The van der Waals surface area contributed by atoms with Crippen LogP contribution in [0.5, 0.6) is 0 Å². The van der Waals surface area contributed by atoms with Gasteiger partial charge in [0.2, 0.25) is 0 Å². The van der Waals surface area contributed by atoms with Gasteiger partial charge >= 0.3 is 0 Å². The first kappa shape index (κ1) is 16.7. The first-order chi connectivity index (χ1) is 12.0. The number of aliphatic hydroxyl groups is 1. The van der Waals surface area contributed by atoms with Crippen molar-refractivity contribution in [2.24, 2.45) is 34.5 Å². The molecule has 5 aliphatic rings. The summed E-state index contributed by atoms with van der Waals surface area (Å²) in [5, 5.41) is 10.6. The summed E-state index contributed by atoms with van der Waals surface area (Å²) >= 11 is 0. The highest BCUT2D eigenvalue weighted by atomic mass is 16.7. The molecular weight excluding hydrogens is 316 g/mol. The number of aliphatic hydroxyl groups excluding tert-OH is 1. The Bertz CT molecular complexity index is 568. The fraction of sp³-hybridized carbons (Fsp3) is 0.952. The maximum Gasteiger partial charge on any atom is 0.168 e. The number of Topliss-reactive ketones (excluding diaryl/α,β-unsaturated/α-hetero) is 1. The smallest absolute Gasteiger partial charge is 0.168 e. The minimum atomic E-state index is -0.358. The molecule has 1 saturated heterocycles. The molecule has 0 unspecified atom stereocenters. The van der Waals surface area contributed by atoms with Crippen molar-refractivity contribution >= 4 is 5.78 Å². The predicted molar refractivity (Wildman–Crippen MR) is 92.8 cm³/mol. The van der Waals surface area contributed by atoms with Crippen molar-refractivity contribution in [1.82, 2.24) is 0 Å². The fourth-order valence-corrected chi connectivity index (χ4v) is 7.84. The molecule has 4 saturated carbocycles. The molecule has 1 spiro atoms. The summed E-state index contributed by atoms with van der Waals surface area (Å²) in [7, 11) is 0. The molecule has 5 rings (SSSR count). The molecule has 1 N–H and O–H groups in total. The summed E-state index contributed by atoms with van der Waals surface area (Å²) in [5.74, 6) is 2.42. The van der Waals surface area contributed by atoms with Gasteiger partial charge in [0.15, 0.2) is 5.79 Å². The van der Waals surface area contributed by atoms with Crippen LogP contribution in [0.3, 0.4) is 0 Å². The van der Waals surface area contributed by atoms with E-state index in [0.29, 0.717) is 49.3 Å². The van der Waals surface area contributed by atoms with Gasteiger partial charge in [-0.15, -0.1) is 0 Å². The molecule has 0 aromatic rings. The van der Waals surface area contributed by atoms with Gasteiger partial charge in [0.25, 0.3) is 0 Å². The van der Waals surface area contributed by atoms with Crippen LogP contribution in [-0.4, -0.2) is 36.5 Å². The van der Waals surface area contributed by atoms with Crippen LogP contribution in [0.4, 0.5) is 0 Å². The van der Waals surface area contributed by atoms with Gasteiger partial charge in [0, 0.05) is 31.3 Å². The van der Waals surface area contributed by atoms with Crippen molar-refractivity contribution in [2.45, 2.75) is 70.5 Å². The highest BCUT2D eigenvalue weighted by molar-refractivity contribution is 5.87. The maximum absolute atomic E-state index is 12.5.